The number of ether oxygens (including phenoxy) is 2. The Bertz CT molecular complexity index is 175. The Hall–Kier alpha value is -0.160. The van der Waals surface area contributed by atoms with E-state index in [4.69, 9.17) is 9.47 Å². The van der Waals surface area contributed by atoms with Crippen LogP contribution >= 0.6 is 0 Å². The van der Waals surface area contributed by atoms with E-state index in [1.165, 1.54) is 0 Å². The number of rotatable bonds is 1. The van der Waals surface area contributed by atoms with Gasteiger partial charge >= 0.3 is 0 Å². The van der Waals surface area contributed by atoms with Crippen LogP contribution in [0.3, 0.4) is 0 Å². The van der Waals surface area contributed by atoms with Gasteiger partial charge in [-0.15, -0.1) is 0 Å². The van der Waals surface area contributed by atoms with Gasteiger partial charge in [-0.1, -0.05) is 0 Å². The first-order valence-electron chi connectivity index (χ1n) is 4.50. The van der Waals surface area contributed by atoms with Crippen molar-refractivity contribution < 1.29 is 19.7 Å². The zero-order valence-corrected chi connectivity index (χ0v) is 8.52. The van der Waals surface area contributed by atoms with Gasteiger partial charge < -0.3 is 19.7 Å². The van der Waals surface area contributed by atoms with Gasteiger partial charge in [0.2, 0.25) is 0 Å². The molecule has 4 atom stereocenters. The second kappa shape index (κ2) is 3.53. The lowest BCUT2D eigenvalue weighted by Crippen LogP contribution is -2.40. The maximum absolute atomic E-state index is 9.58. The minimum atomic E-state index is -1.02. The lowest BCUT2D eigenvalue weighted by molar-refractivity contribution is -0.174. The molecule has 1 saturated heterocycles. The number of aliphatic hydroxyl groups is 2. The van der Waals surface area contributed by atoms with Gasteiger partial charge in [0.05, 0.1) is 11.7 Å². The average Bonchev–Trinajstić information content (AvgIpc) is 2.14. The lowest BCUT2D eigenvalue weighted by atomic mass is 10.1. The van der Waals surface area contributed by atoms with Crippen LogP contribution in [-0.4, -0.2) is 40.4 Å². The molecule has 1 rings (SSSR count). The Labute approximate surface area is 78.5 Å². The highest BCUT2D eigenvalue weighted by molar-refractivity contribution is 4.86. The van der Waals surface area contributed by atoms with Crippen molar-refractivity contribution in [2.45, 2.75) is 57.9 Å². The maximum Gasteiger partial charge on any atom is 0.184 e. The van der Waals surface area contributed by atoms with Gasteiger partial charge in [-0.3, -0.25) is 0 Å². The van der Waals surface area contributed by atoms with Crippen LogP contribution in [0, 0.1) is 0 Å². The summed E-state index contributed by atoms with van der Waals surface area (Å²) in [5.41, 5.74) is -0.389. The Morgan fingerprint density at radius 3 is 2.08 bits per heavy atom. The summed E-state index contributed by atoms with van der Waals surface area (Å²) in [6, 6.07) is 0. The lowest BCUT2D eigenvalue weighted by Gasteiger charge is -2.27. The second-order valence-electron chi connectivity index (χ2n) is 4.42. The highest BCUT2D eigenvalue weighted by Crippen LogP contribution is 2.25. The first kappa shape index (κ1) is 10.9. The van der Waals surface area contributed by atoms with Crippen LogP contribution in [-0.2, 0) is 9.47 Å². The normalized spacial score (nSPS) is 41.1. The molecule has 1 aliphatic rings. The van der Waals surface area contributed by atoms with Crippen LogP contribution in [0.5, 0.6) is 0 Å². The molecule has 13 heavy (non-hydrogen) atoms. The molecule has 0 spiro atoms. The fourth-order valence-electron chi connectivity index (χ4n) is 1.35. The van der Waals surface area contributed by atoms with E-state index in [2.05, 4.69) is 0 Å². The minimum Gasteiger partial charge on any atom is -0.387 e. The van der Waals surface area contributed by atoms with Crippen LogP contribution in [0.4, 0.5) is 0 Å². The molecule has 0 aromatic rings. The molecule has 2 N–H and O–H groups in total. The van der Waals surface area contributed by atoms with Crippen molar-refractivity contribution in [1.29, 1.82) is 0 Å². The monoisotopic (exact) mass is 190 g/mol. The Morgan fingerprint density at radius 2 is 1.77 bits per heavy atom. The van der Waals surface area contributed by atoms with E-state index in [0.29, 0.717) is 0 Å². The van der Waals surface area contributed by atoms with Gasteiger partial charge in [-0.05, 0) is 27.7 Å². The van der Waals surface area contributed by atoms with Crippen molar-refractivity contribution in [3.05, 3.63) is 0 Å². The van der Waals surface area contributed by atoms with E-state index in [1.54, 1.807) is 6.92 Å². The zero-order chi connectivity index (χ0) is 10.2. The molecule has 0 aromatic heterocycles. The number of aliphatic hydroxyl groups excluding tert-OH is 2. The Balaban J connectivity index is 2.59. The van der Waals surface area contributed by atoms with E-state index < -0.39 is 18.5 Å². The molecule has 4 heteroatoms. The van der Waals surface area contributed by atoms with Crippen molar-refractivity contribution >= 4 is 0 Å². The van der Waals surface area contributed by atoms with E-state index >= 15 is 0 Å². The molecule has 0 bridgehead atoms. The van der Waals surface area contributed by atoms with Crippen LogP contribution in [0.15, 0.2) is 0 Å². The Kier molecular flexibility index (Phi) is 2.97. The predicted octanol–water partition coefficient (Wildman–Crippen LogP) is 0.268. The molecule has 78 valence electrons. The smallest absolute Gasteiger partial charge is 0.184 e. The number of hydrogen-bond donors (Lipinski definition) is 2. The van der Waals surface area contributed by atoms with Gasteiger partial charge in [-0.2, -0.15) is 0 Å². The number of hydrogen-bond acceptors (Lipinski definition) is 4. The minimum absolute atomic E-state index is 0.373. The summed E-state index contributed by atoms with van der Waals surface area (Å²) < 4.78 is 10.5. The second-order valence-corrected chi connectivity index (χ2v) is 4.42. The van der Waals surface area contributed by atoms with E-state index in [9.17, 15) is 10.2 Å². The topological polar surface area (TPSA) is 58.9 Å². The molecule has 0 aliphatic carbocycles. The predicted molar refractivity (Wildman–Crippen MR) is 47.2 cm³/mol. The van der Waals surface area contributed by atoms with Gasteiger partial charge in [0.1, 0.15) is 12.2 Å². The molecule has 0 radical (unpaired) electrons. The third-order valence-corrected chi connectivity index (χ3v) is 1.94. The third kappa shape index (κ3) is 2.64. The molecular weight excluding hydrogens is 172 g/mol. The summed E-state index contributed by atoms with van der Waals surface area (Å²) in [5, 5.41) is 19.0. The zero-order valence-electron chi connectivity index (χ0n) is 8.52. The summed E-state index contributed by atoms with van der Waals surface area (Å²) in [4.78, 5) is 0. The van der Waals surface area contributed by atoms with Crippen LogP contribution in [0.1, 0.15) is 27.7 Å². The summed E-state index contributed by atoms with van der Waals surface area (Å²) >= 11 is 0. The summed E-state index contributed by atoms with van der Waals surface area (Å²) in [6.07, 6.45) is -2.80. The first-order valence-corrected chi connectivity index (χ1v) is 4.50. The molecule has 0 amide bonds. The van der Waals surface area contributed by atoms with Crippen molar-refractivity contribution in [2.24, 2.45) is 0 Å². The summed E-state index contributed by atoms with van der Waals surface area (Å²) in [6.45, 7) is 7.32. The van der Waals surface area contributed by atoms with Crippen LogP contribution < -0.4 is 0 Å². The molecule has 0 aromatic carbocycles. The summed E-state index contributed by atoms with van der Waals surface area (Å²) in [5.74, 6) is 0. The summed E-state index contributed by atoms with van der Waals surface area (Å²) in [7, 11) is 0. The molecule has 4 nitrogen and oxygen atoms in total. The maximum atomic E-state index is 9.58. The van der Waals surface area contributed by atoms with Crippen LogP contribution in [0.25, 0.3) is 0 Å². The molecule has 0 saturated carbocycles. The fraction of sp³-hybridized carbons (Fsp3) is 1.00. The van der Waals surface area contributed by atoms with Gasteiger partial charge in [0.25, 0.3) is 0 Å². The molecule has 1 fully saturated rings. The third-order valence-electron chi connectivity index (χ3n) is 1.94. The van der Waals surface area contributed by atoms with Gasteiger partial charge in [0, 0.05) is 0 Å². The van der Waals surface area contributed by atoms with Gasteiger partial charge in [0.15, 0.2) is 6.29 Å². The quantitative estimate of drug-likeness (QED) is 0.623. The molecular formula is C9H18O4. The molecule has 1 heterocycles. The van der Waals surface area contributed by atoms with Gasteiger partial charge in [-0.25, -0.2) is 0 Å². The van der Waals surface area contributed by atoms with E-state index in [0.717, 1.165) is 0 Å². The first-order chi connectivity index (χ1) is 5.81. The Morgan fingerprint density at radius 1 is 1.23 bits per heavy atom. The van der Waals surface area contributed by atoms with E-state index in [-0.39, 0.29) is 11.7 Å². The van der Waals surface area contributed by atoms with Crippen molar-refractivity contribution in [1.82, 2.24) is 0 Å². The highest BCUT2D eigenvalue weighted by Gasteiger charge is 2.43. The van der Waals surface area contributed by atoms with E-state index in [1.807, 2.05) is 20.8 Å². The van der Waals surface area contributed by atoms with Crippen LogP contribution in [0.2, 0.25) is 0 Å². The molecule has 1 aliphatic heterocycles. The SMILES string of the molecule is C[C@H]1O[C@@H](O)[C@H](OC(C)(C)C)[C@@H]1O. The van der Waals surface area contributed by atoms with Crippen molar-refractivity contribution in [3.63, 3.8) is 0 Å². The highest BCUT2D eigenvalue weighted by atomic mass is 16.7. The standard InChI is InChI=1S/C9H18O4/c1-5-6(10)7(8(11)12-5)13-9(2,3)4/h5-8,10-11H,1-4H3/t5-,6-,7-,8-/m1/s1. The fourth-order valence-corrected chi connectivity index (χ4v) is 1.35. The average molecular weight is 190 g/mol. The van der Waals surface area contributed by atoms with Crippen molar-refractivity contribution in [3.8, 4) is 0 Å². The molecule has 0 unspecified atom stereocenters. The van der Waals surface area contributed by atoms with Crippen molar-refractivity contribution in [2.75, 3.05) is 0 Å². The largest absolute Gasteiger partial charge is 0.387 e.